The molecular weight excluding hydrogens is 605 g/mol. The Balaban J connectivity index is 1.68. The lowest BCUT2D eigenvalue weighted by Crippen LogP contribution is -2.11. The number of fused-ring (bicyclic) bond motifs is 2. The molecule has 0 saturated carbocycles. The van der Waals surface area contributed by atoms with Gasteiger partial charge in [-0.1, -0.05) is 107 Å². The number of aromatic amines is 2. The Hall–Kier alpha value is -5.28. The normalized spacial score (nSPS) is 12.6. The van der Waals surface area contributed by atoms with E-state index in [9.17, 15) is 0 Å². The molecule has 7 rings (SSSR count). The highest BCUT2D eigenvalue weighted by Gasteiger charge is 2.22. The summed E-state index contributed by atoms with van der Waals surface area (Å²) in [6.07, 6.45) is 0. The number of hydrogen-bond acceptors (Lipinski definition) is 0. The van der Waals surface area contributed by atoms with Crippen molar-refractivity contribution in [2.75, 3.05) is 0 Å². The van der Waals surface area contributed by atoms with Crippen molar-refractivity contribution < 1.29 is 0 Å². The van der Waals surface area contributed by atoms with Crippen LogP contribution >= 0.6 is 0 Å². The maximum Gasteiger partial charge on any atom is 0.0624 e. The van der Waals surface area contributed by atoms with Gasteiger partial charge in [0.1, 0.15) is 0 Å². The summed E-state index contributed by atoms with van der Waals surface area (Å²) >= 11 is 0. The summed E-state index contributed by atoms with van der Waals surface area (Å²) in [7, 11) is 0. The lowest BCUT2D eigenvalue weighted by atomic mass is 9.84. The Morgan fingerprint density at radius 3 is 0.700 bits per heavy atom. The van der Waals surface area contributed by atoms with Crippen LogP contribution in [0.2, 0.25) is 0 Å². The van der Waals surface area contributed by atoms with Crippen molar-refractivity contribution in [3.8, 4) is 0 Å². The van der Waals surface area contributed by atoms with E-state index in [0.717, 1.165) is 65.2 Å². The molecule has 50 heavy (non-hydrogen) atoms. The second kappa shape index (κ2) is 11.1. The van der Waals surface area contributed by atoms with Gasteiger partial charge >= 0.3 is 0 Å². The maximum absolute atomic E-state index is 3.75. The zero-order valence-electron chi connectivity index (χ0n) is 31.6. The molecule has 0 aliphatic carbocycles. The van der Waals surface area contributed by atoms with Gasteiger partial charge in [0.05, 0.1) is 22.1 Å². The molecule has 3 aromatic heterocycles. The summed E-state index contributed by atoms with van der Waals surface area (Å²) in [6.45, 7) is 27.0. The monoisotopic (exact) mass is 650 g/mol. The van der Waals surface area contributed by atoms with E-state index in [1.807, 2.05) is 0 Å². The van der Waals surface area contributed by atoms with E-state index in [-0.39, 0.29) is 21.7 Å². The molecule has 0 amide bonds. The zero-order valence-corrected chi connectivity index (χ0v) is 31.6. The van der Waals surface area contributed by atoms with Gasteiger partial charge in [-0.2, -0.15) is 0 Å². The Kier molecular flexibility index (Phi) is 7.39. The van der Waals surface area contributed by atoms with Crippen molar-refractivity contribution in [3.63, 3.8) is 0 Å². The Bertz CT molecular complexity index is 2200. The highest BCUT2D eigenvalue weighted by atomic mass is 14.7. The molecule has 2 heteroatoms. The van der Waals surface area contributed by atoms with Gasteiger partial charge in [0.2, 0.25) is 0 Å². The van der Waals surface area contributed by atoms with Crippen molar-refractivity contribution in [2.45, 2.75) is 105 Å². The van der Waals surface area contributed by atoms with Gasteiger partial charge in [-0.15, -0.1) is 0 Å². The zero-order chi connectivity index (χ0) is 36.0. The van der Waals surface area contributed by atoms with Crippen LogP contribution in [0.4, 0.5) is 0 Å². The molecule has 4 bridgehead atoms. The van der Waals surface area contributed by atoms with Crippen molar-refractivity contribution in [1.82, 2.24) is 9.97 Å². The van der Waals surface area contributed by atoms with Crippen LogP contribution in [0.15, 0.2) is 48.5 Å². The van der Waals surface area contributed by atoms with Gasteiger partial charge in [-0.05, 0) is 117 Å². The van der Waals surface area contributed by atoms with E-state index in [1.54, 1.807) is 0 Å². The lowest BCUT2D eigenvalue weighted by molar-refractivity contribution is 0.591. The summed E-state index contributed by atoms with van der Waals surface area (Å²) < 4.78 is 0. The molecule has 0 aliphatic heterocycles. The van der Waals surface area contributed by atoms with Gasteiger partial charge in [0.15, 0.2) is 0 Å². The van der Waals surface area contributed by atoms with Crippen LogP contribution in [-0.4, -0.2) is 9.97 Å². The standard InChI is InChI=1S/C48H46N2/c1-45(2,3)33-21-29-17-13-14-18-31-23-35(47(7,8)9)27-39-40-28-36(48(10,11)12)24-32(44(40)50-43(31)39)20-16-15-19-30-22-34(46(4,5)6)26-38-37(25-33)41(29)49-42(30)38/h21-28,49-50H,1-12H3. The fraction of sp³-hybridized carbons (Fsp3) is 0.333. The minimum absolute atomic E-state index is 0.0610. The van der Waals surface area contributed by atoms with Gasteiger partial charge in [0, 0.05) is 43.1 Å². The second-order valence-electron chi connectivity index (χ2n) is 18.0. The summed E-state index contributed by atoms with van der Waals surface area (Å²) in [5.41, 5.74) is 8.73. The van der Waals surface area contributed by atoms with E-state index in [2.05, 4.69) is 190 Å². The number of nitrogens with one attached hydrogen (secondary N) is 2. The smallest absolute Gasteiger partial charge is 0.0624 e. The molecule has 0 spiro atoms. The van der Waals surface area contributed by atoms with E-state index in [1.165, 1.54) is 22.3 Å². The Morgan fingerprint density at radius 2 is 0.520 bits per heavy atom. The minimum Gasteiger partial charge on any atom is -0.352 e. The van der Waals surface area contributed by atoms with Gasteiger partial charge in [-0.25, -0.2) is 0 Å². The molecule has 0 unspecified atom stereocenters. The average Bonchev–Trinajstić information content (AvgIpc) is 3.58. The quantitative estimate of drug-likeness (QED) is 0.164. The maximum atomic E-state index is 3.75. The first kappa shape index (κ1) is 33.2. The van der Waals surface area contributed by atoms with Crippen LogP contribution in [0.1, 0.15) is 105 Å². The third-order valence-electron chi connectivity index (χ3n) is 10.0. The molecule has 7 aromatic rings. The van der Waals surface area contributed by atoms with Crippen molar-refractivity contribution in [3.05, 3.63) is 119 Å². The summed E-state index contributed by atoms with van der Waals surface area (Å²) in [6, 6.07) is 45.0. The van der Waals surface area contributed by atoms with Gasteiger partial charge < -0.3 is 9.97 Å². The predicted molar refractivity (Wildman–Crippen MR) is 212 cm³/mol. The van der Waals surface area contributed by atoms with Gasteiger partial charge in [0.25, 0.3) is 0 Å². The average molecular weight is 651 g/mol. The van der Waals surface area contributed by atoms with Crippen LogP contribution < -0.4 is 0 Å². The van der Waals surface area contributed by atoms with Crippen LogP contribution in [0.5, 0.6) is 0 Å². The molecule has 4 aromatic carbocycles. The first-order chi connectivity index (χ1) is 23.3. The topological polar surface area (TPSA) is 31.6 Å². The minimum atomic E-state index is -0.0610. The van der Waals surface area contributed by atoms with E-state index >= 15 is 0 Å². The van der Waals surface area contributed by atoms with Gasteiger partial charge in [-0.3, -0.25) is 0 Å². The first-order valence-corrected chi connectivity index (χ1v) is 17.6. The molecule has 3 heterocycles. The highest BCUT2D eigenvalue weighted by molar-refractivity contribution is 6.18. The third-order valence-corrected chi connectivity index (χ3v) is 10.0. The van der Waals surface area contributed by atoms with Crippen molar-refractivity contribution >= 4 is 65.2 Å². The molecule has 2 N–H and O–H groups in total. The first-order valence-electron chi connectivity index (χ1n) is 17.6. The largest absolute Gasteiger partial charge is 0.352 e. The van der Waals surface area contributed by atoms with Crippen LogP contribution in [0, 0.1) is 48.5 Å². The molecule has 0 fully saturated rings. The third kappa shape index (κ3) is 5.85. The molecule has 248 valence electrons. The van der Waals surface area contributed by atoms with E-state index in [0.29, 0.717) is 0 Å². The van der Waals surface area contributed by atoms with E-state index < -0.39 is 0 Å². The number of benzene rings is 4. The van der Waals surface area contributed by atoms with Crippen LogP contribution in [-0.2, 0) is 21.7 Å². The predicted octanol–water partition coefficient (Wildman–Crippen LogP) is 12.5. The summed E-state index contributed by atoms with van der Waals surface area (Å²) in [4.78, 5) is 7.50. The molecule has 0 saturated heterocycles. The summed E-state index contributed by atoms with van der Waals surface area (Å²) in [5, 5.41) is 8.37. The molecule has 2 nitrogen and oxygen atoms in total. The van der Waals surface area contributed by atoms with Crippen molar-refractivity contribution in [1.29, 1.82) is 0 Å². The SMILES string of the molecule is CC(C)(C)c1cc2c#cc#cc3cc(C(C)(C)C)cc4c5cc(C(C)(C)C)cc(c#cc#cc6cc(C(C)(C)C)cc7c(c1)c2[nH]c67)c5[nH]c34. The molecular formula is C48H46N2. The van der Waals surface area contributed by atoms with Crippen LogP contribution in [0.3, 0.4) is 0 Å². The number of rotatable bonds is 0. The van der Waals surface area contributed by atoms with Crippen LogP contribution in [0.25, 0.3) is 65.2 Å². The second-order valence-corrected chi connectivity index (χ2v) is 18.0. The summed E-state index contributed by atoms with van der Waals surface area (Å²) in [5.74, 6) is 0. The van der Waals surface area contributed by atoms with Crippen molar-refractivity contribution in [2.24, 2.45) is 0 Å². The number of aromatic nitrogens is 2. The fourth-order valence-electron chi connectivity index (χ4n) is 6.73. The molecule has 0 aliphatic rings. The number of H-pyrrole nitrogens is 2. The fourth-order valence-corrected chi connectivity index (χ4v) is 6.73. The Labute approximate surface area is 298 Å². The molecule has 0 atom stereocenters. The Morgan fingerprint density at radius 1 is 0.320 bits per heavy atom. The highest BCUT2D eigenvalue weighted by Crippen LogP contribution is 2.39. The molecule has 0 radical (unpaired) electrons. The number of hydrogen-bond donors (Lipinski definition) is 2. The van der Waals surface area contributed by atoms with E-state index in [4.69, 9.17) is 0 Å². The lowest BCUT2D eigenvalue weighted by Gasteiger charge is -2.20.